The van der Waals surface area contributed by atoms with Crippen LogP contribution in [-0.2, 0) is 22.8 Å². The van der Waals surface area contributed by atoms with Gasteiger partial charge in [0.1, 0.15) is 5.73 Å². The first kappa shape index (κ1) is 18.1. The van der Waals surface area contributed by atoms with E-state index in [1.165, 1.54) is 0 Å². The van der Waals surface area contributed by atoms with Crippen molar-refractivity contribution in [2.75, 3.05) is 39.6 Å². The first-order valence-corrected chi connectivity index (χ1v) is 9.47. The molecule has 0 spiro atoms. The van der Waals surface area contributed by atoms with E-state index in [0.717, 1.165) is 19.6 Å². The highest BCUT2D eigenvalue weighted by molar-refractivity contribution is 6.62. The standard InChI is InChI=1S/C14H30O5Si/c1-6-13(16-12-14(5)10-15-11-14)20(17-7-2,18-8-3)19-9-4/h13H,6-12H2,1-5H3. The summed E-state index contributed by atoms with van der Waals surface area (Å²) in [5.74, 6) is 0. The van der Waals surface area contributed by atoms with Crippen LogP contribution in [0.1, 0.15) is 41.0 Å². The molecule has 6 heteroatoms. The van der Waals surface area contributed by atoms with E-state index in [-0.39, 0.29) is 11.1 Å². The Morgan fingerprint density at radius 2 is 1.50 bits per heavy atom. The molecule has 1 fully saturated rings. The zero-order valence-corrected chi connectivity index (χ0v) is 14.6. The summed E-state index contributed by atoms with van der Waals surface area (Å²) in [4.78, 5) is 0. The van der Waals surface area contributed by atoms with Crippen molar-refractivity contribution >= 4 is 8.80 Å². The van der Waals surface area contributed by atoms with E-state index in [0.29, 0.717) is 26.4 Å². The summed E-state index contributed by atoms with van der Waals surface area (Å²) in [7, 11) is -2.78. The Morgan fingerprint density at radius 1 is 1.00 bits per heavy atom. The molecule has 0 amide bonds. The summed E-state index contributed by atoms with van der Waals surface area (Å²) in [5, 5.41) is 0. The predicted octanol–water partition coefficient (Wildman–Crippen LogP) is 2.41. The van der Waals surface area contributed by atoms with E-state index in [9.17, 15) is 0 Å². The molecule has 0 aromatic rings. The normalized spacial score (nSPS) is 19.6. The molecule has 1 atom stereocenters. The lowest BCUT2D eigenvalue weighted by Gasteiger charge is -2.41. The van der Waals surface area contributed by atoms with E-state index < -0.39 is 8.80 Å². The molecule has 120 valence electrons. The topological polar surface area (TPSA) is 46.2 Å². The fourth-order valence-corrected chi connectivity index (χ4v) is 5.12. The molecule has 0 radical (unpaired) electrons. The summed E-state index contributed by atoms with van der Waals surface area (Å²) in [6.07, 6.45) is 0.823. The van der Waals surface area contributed by atoms with Gasteiger partial charge in [0.15, 0.2) is 0 Å². The predicted molar refractivity (Wildman–Crippen MR) is 79.6 cm³/mol. The zero-order valence-electron chi connectivity index (χ0n) is 13.6. The Hall–Kier alpha value is 0.0169. The molecular weight excluding hydrogens is 276 g/mol. The van der Waals surface area contributed by atoms with Gasteiger partial charge in [-0.3, -0.25) is 0 Å². The molecule has 1 rings (SSSR count). The molecule has 0 saturated carbocycles. The van der Waals surface area contributed by atoms with Crippen molar-refractivity contribution in [2.45, 2.75) is 46.8 Å². The van der Waals surface area contributed by atoms with E-state index in [1.807, 2.05) is 20.8 Å². The second-order valence-electron chi connectivity index (χ2n) is 5.41. The van der Waals surface area contributed by atoms with Gasteiger partial charge in [-0.05, 0) is 27.2 Å². The van der Waals surface area contributed by atoms with Crippen LogP contribution < -0.4 is 0 Å². The van der Waals surface area contributed by atoms with Crippen LogP contribution in [-0.4, -0.2) is 54.2 Å². The van der Waals surface area contributed by atoms with E-state index in [1.54, 1.807) is 0 Å². The van der Waals surface area contributed by atoms with E-state index in [4.69, 9.17) is 22.8 Å². The van der Waals surface area contributed by atoms with Gasteiger partial charge in [0.05, 0.1) is 19.8 Å². The van der Waals surface area contributed by atoms with Crippen molar-refractivity contribution in [1.82, 2.24) is 0 Å². The molecule has 1 unspecified atom stereocenters. The summed E-state index contributed by atoms with van der Waals surface area (Å²) in [5.41, 5.74) is 0.0119. The molecule has 1 heterocycles. The summed E-state index contributed by atoms with van der Waals surface area (Å²) >= 11 is 0. The van der Waals surface area contributed by atoms with E-state index in [2.05, 4.69) is 13.8 Å². The lowest BCUT2D eigenvalue weighted by atomic mass is 9.90. The number of hydrogen-bond acceptors (Lipinski definition) is 5. The monoisotopic (exact) mass is 306 g/mol. The van der Waals surface area contributed by atoms with Gasteiger partial charge in [0, 0.05) is 25.2 Å². The zero-order chi connectivity index (χ0) is 15.1. The fraction of sp³-hybridized carbons (Fsp3) is 1.00. The van der Waals surface area contributed by atoms with Crippen LogP contribution in [0.15, 0.2) is 0 Å². The average molecular weight is 306 g/mol. The largest absolute Gasteiger partial charge is 0.531 e. The van der Waals surface area contributed by atoms with Gasteiger partial charge in [0.25, 0.3) is 0 Å². The molecule has 5 nitrogen and oxygen atoms in total. The van der Waals surface area contributed by atoms with Crippen molar-refractivity contribution in [1.29, 1.82) is 0 Å². The van der Waals surface area contributed by atoms with Gasteiger partial charge < -0.3 is 22.8 Å². The molecule has 1 aliphatic heterocycles. The second-order valence-corrected chi connectivity index (χ2v) is 8.13. The number of ether oxygens (including phenoxy) is 2. The van der Waals surface area contributed by atoms with Gasteiger partial charge in [0.2, 0.25) is 0 Å². The summed E-state index contributed by atoms with van der Waals surface area (Å²) < 4.78 is 29.2. The molecule has 0 aromatic carbocycles. The third-order valence-corrected chi connectivity index (χ3v) is 6.77. The minimum absolute atomic E-state index is 0.111. The van der Waals surface area contributed by atoms with Gasteiger partial charge >= 0.3 is 8.80 Å². The SMILES string of the molecule is CCO[Si](OCC)(OCC)C(CC)OCC1(C)COC1. The van der Waals surface area contributed by atoms with Gasteiger partial charge in [-0.2, -0.15) is 0 Å². The molecule has 0 aliphatic carbocycles. The Bertz CT molecular complexity index is 253. The van der Waals surface area contributed by atoms with Gasteiger partial charge in [-0.25, -0.2) is 0 Å². The van der Waals surface area contributed by atoms with Crippen molar-refractivity contribution in [2.24, 2.45) is 5.41 Å². The summed E-state index contributed by atoms with van der Waals surface area (Å²) in [6.45, 7) is 14.1. The van der Waals surface area contributed by atoms with E-state index >= 15 is 0 Å². The summed E-state index contributed by atoms with van der Waals surface area (Å²) in [6, 6.07) is 0. The molecular formula is C14H30O5Si. The Labute approximate surface area is 124 Å². The fourth-order valence-electron chi connectivity index (χ4n) is 2.31. The second kappa shape index (κ2) is 8.46. The van der Waals surface area contributed by atoms with Crippen molar-refractivity contribution < 1.29 is 22.8 Å². The number of hydrogen-bond donors (Lipinski definition) is 0. The Morgan fingerprint density at radius 3 is 1.80 bits per heavy atom. The first-order chi connectivity index (χ1) is 9.55. The maximum Gasteiger partial charge on any atom is 0.531 e. The lowest BCUT2D eigenvalue weighted by Crippen LogP contribution is -2.58. The van der Waals surface area contributed by atoms with Crippen molar-refractivity contribution in [3.63, 3.8) is 0 Å². The highest BCUT2D eigenvalue weighted by atomic mass is 28.4. The molecule has 20 heavy (non-hydrogen) atoms. The van der Waals surface area contributed by atoms with Crippen molar-refractivity contribution in [3.05, 3.63) is 0 Å². The highest BCUT2D eigenvalue weighted by Crippen LogP contribution is 2.29. The smallest absolute Gasteiger partial charge is 0.380 e. The van der Waals surface area contributed by atoms with Crippen molar-refractivity contribution in [3.8, 4) is 0 Å². The Balaban J connectivity index is 2.71. The minimum atomic E-state index is -2.78. The maximum absolute atomic E-state index is 6.13. The first-order valence-electron chi connectivity index (χ1n) is 7.67. The van der Waals surface area contributed by atoms with Crippen LogP contribution in [0.2, 0.25) is 0 Å². The third kappa shape index (κ3) is 4.51. The highest BCUT2D eigenvalue weighted by Gasteiger charge is 2.50. The van der Waals surface area contributed by atoms with Crippen LogP contribution in [0, 0.1) is 5.41 Å². The quantitative estimate of drug-likeness (QED) is 0.549. The Kier molecular flexibility index (Phi) is 7.64. The lowest BCUT2D eigenvalue weighted by molar-refractivity contribution is -0.149. The number of rotatable bonds is 11. The molecule has 1 aliphatic rings. The van der Waals surface area contributed by atoms with Crippen LogP contribution >= 0.6 is 0 Å². The molecule has 0 N–H and O–H groups in total. The maximum atomic E-state index is 6.13. The van der Waals surface area contributed by atoms with Crippen LogP contribution in [0.5, 0.6) is 0 Å². The average Bonchev–Trinajstić information content (AvgIpc) is 2.38. The minimum Gasteiger partial charge on any atom is -0.380 e. The van der Waals surface area contributed by atoms with Crippen LogP contribution in [0.3, 0.4) is 0 Å². The van der Waals surface area contributed by atoms with Gasteiger partial charge in [-0.15, -0.1) is 0 Å². The van der Waals surface area contributed by atoms with Crippen LogP contribution in [0.25, 0.3) is 0 Å². The van der Waals surface area contributed by atoms with Crippen LogP contribution in [0.4, 0.5) is 0 Å². The van der Waals surface area contributed by atoms with Gasteiger partial charge in [-0.1, -0.05) is 13.8 Å². The third-order valence-electron chi connectivity index (χ3n) is 3.34. The molecule has 0 bridgehead atoms. The molecule has 1 saturated heterocycles. The molecule has 0 aromatic heterocycles.